The highest BCUT2D eigenvalue weighted by Crippen LogP contribution is 2.13. The van der Waals surface area contributed by atoms with Crippen LogP contribution >= 0.6 is 43.4 Å². The molecular formula is C7H9Br2N3OS. The fourth-order valence-electron chi connectivity index (χ4n) is 0.705. The number of carbonyl (C=O) groups excluding carboxylic acids is 1. The van der Waals surface area contributed by atoms with E-state index in [1.54, 1.807) is 0 Å². The third-order valence-electron chi connectivity index (χ3n) is 1.59. The molecule has 1 aromatic heterocycles. The van der Waals surface area contributed by atoms with Crippen molar-refractivity contribution >= 4 is 49.3 Å². The summed E-state index contributed by atoms with van der Waals surface area (Å²) in [5.41, 5.74) is -0.291. The van der Waals surface area contributed by atoms with Gasteiger partial charge < -0.3 is 5.32 Å². The van der Waals surface area contributed by atoms with Gasteiger partial charge in [0.1, 0.15) is 4.88 Å². The number of nitrogens with one attached hydrogen (secondary N) is 1. The minimum Gasteiger partial charge on any atom is -0.344 e. The van der Waals surface area contributed by atoms with Crippen molar-refractivity contribution in [2.24, 2.45) is 0 Å². The molecule has 0 bridgehead atoms. The Morgan fingerprint density at radius 2 is 2.29 bits per heavy atom. The summed E-state index contributed by atoms with van der Waals surface area (Å²) in [5, 5.41) is 7.87. The number of carbonyl (C=O) groups is 1. The van der Waals surface area contributed by atoms with Crippen LogP contribution in [0, 0.1) is 0 Å². The molecule has 1 heterocycles. The van der Waals surface area contributed by atoms with Crippen LogP contribution in [0.4, 0.5) is 0 Å². The van der Waals surface area contributed by atoms with Gasteiger partial charge in [0.2, 0.25) is 0 Å². The molecule has 0 atom stereocenters. The van der Waals surface area contributed by atoms with Crippen molar-refractivity contribution in [1.29, 1.82) is 0 Å². The first-order valence-electron chi connectivity index (χ1n) is 3.83. The van der Waals surface area contributed by atoms with Gasteiger partial charge in [0.25, 0.3) is 5.91 Å². The summed E-state index contributed by atoms with van der Waals surface area (Å²) in [6.07, 6.45) is 1.46. The number of amides is 1. The molecule has 0 aromatic carbocycles. The summed E-state index contributed by atoms with van der Waals surface area (Å²) in [6, 6.07) is 0. The quantitative estimate of drug-likeness (QED) is 0.849. The molecule has 0 saturated carbocycles. The number of rotatable bonds is 4. The maximum absolute atomic E-state index is 11.6. The van der Waals surface area contributed by atoms with Gasteiger partial charge >= 0.3 is 0 Å². The molecule has 1 rings (SSSR count). The second-order valence-electron chi connectivity index (χ2n) is 3.06. The summed E-state index contributed by atoms with van der Waals surface area (Å²) in [7, 11) is 0. The Kier molecular flexibility index (Phi) is 4.46. The maximum Gasteiger partial charge on any atom is 0.265 e. The Morgan fingerprint density at radius 1 is 1.64 bits per heavy atom. The molecule has 1 N–H and O–H groups in total. The Hall–Kier alpha value is -0.0100. The predicted octanol–water partition coefficient (Wildman–Crippen LogP) is 1.82. The van der Waals surface area contributed by atoms with E-state index in [9.17, 15) is 4.79 Å². The number of hydrogen-bond donors (Lipinski definition) is 1. The van der Waals surface area contributed by atoms with E-state index in [2.05, 4.69) is 46.8 Å². The van der Waals surface area contributed by atoms with Gasteiger partial charge in [-0.3, -0.25) is 4.79 Å². The topological polar surface area (TPSA) is 54.9 Å². The summed E-state index contributed by atoms with van der Waals surface area (Å²) in [5.74, 6) is -0.138. The smallest absolute Gasteiger partial charge is 0.265 e. The van der Waals surface area contributed by atoms with E-state index in [-0.39, 0.29) is 11.4 Å². The van der Waals surface area contributed by atoms with Crippen LogP contribution in [0.2, 0.25) is 0 Å². The van der Waals surface area contributed by atoms with Crippen molar-refractivity contribution in [2.45, 2.75) is 12.5 Å². The van der Waals surface area contributed by atoms with E-state index < -0.39 is 0 Å². The van der Waals surface area contributed by atoms with Crippen molar-refractivity contribution in [3.8, 4) is 0 Å². The zero-order valence-electron chi connectivity index (χ0n) is 7.46. The molecule has 0 aliphatic rings. The molecule has 7 heteroatoms. The maximum atomic E-state index is 11.6. The zero-order valence-corrected chi connectivity index (χ0v) is 11.4. The monoisotopic (exact) mass is 341 g/mol. The second-order valence-corrected chi connectivity index (χ2v) is 4.97. The number of halogens is 2. The van der Waals surface area contributed by atoms with Crippen LogP contribution in [-0.2, 0) is 0 Å². The van der Waals surface area contributed by atoms with Crippen molar-refractivity contribution < 1.29 is 4.79 Å². The van der Waals surface area contributed by atoms with Crippen molar-refractivity contribution in [2.75, 3.05) is 10.7 Å². The standard InChI is InChI=1S/C7H9Br2N3OS/c1-7(3-8,4-9)11-6(13)5-2-10-12-14-5/h2H,3-4H2,1H3,(H,11,13). The lowest BCUT2D eigenvalue weighted by molar-refractivity contribution is 0.0927. The highest BCUT2D eigenvalue weighted by molar-refractivity contribution is 9.09. The van der Waals surface area contributed by atoms with E-state index in [4.69, 9.17) is 0 Å². The van der Waals surface area contributed by atoms with E-state index in [1.165, 1.54) is 6.20 Å². The number of nitrogens with zero attached hydrogens (tertiary/aromatic N) is 2. The molecular weight excluding hydrogens is 334 g/mol. The molecule has 0 aliphatic heterocycles. The van der Waals surface area contributed by atoms with E-state index >= 15 is 0 Å². The minimum atomic E-state index is -0.291. The van der Waals surface area contributed by atoms with Gasteiger partial charge in [0.05, 0.1) is 11.7 Å². The lowest BCUT2D eigenvalue weighted by atomic mass is 10.1. The van der Waals surface area contributed by atoms with Gasteiger partial charge in [-0.2, -0.15) is 0 Å². The van der Waals surface area contributed by atoms with Crippen LogP contribution in [0.5, 0.6) is 0 Å². The molecule has 1 amide bonds. The van der Waals surface area contributed by atoms with E-state index in [0.717, 1.165) is 11.5 Å². The molecule has 0 unspecified atom stereocenters. The summed E-state index contributed by atoms with van der Waals surface area (Å²) in [4.78, 5) is 12.1. The van der Waals surface area contributed by atoms with Crippen molar-refractivity contribution in [3.05, 3.63) is 11.1 Å². The van der Waals surface area contributed by atoms with Crippen LogP contribution in [0.15, 0.2) is 6.20 Å². The van der Waals surface area contributed by atoms with Gasteiger partial charge in [-0.1, -0.05) is 36.3 Å². The Bertz CT molecular complexity index is 300. The lowest BCUT2D eigenvalue weighted by Crippen LogP contribution is -2.48. The highest BCUT2D eigenvalue weighted by atomic mass is 79.9. The lowest BCUT2D eigenvalue weighted by Gasteiger charge is -2.25. The largest absolute Gasteiger partial charge is 0.344 e. The fourth-order valence-corrected chi connectivity index (χ4v) is 2.32. The zero-order chi connectivity index (χ0) is 10.6. The number of alkyl halides is 2. The average molecular weight is 343 g/mol. The first-order chi connectivity index (χ1) is 6.61. The summed E-state index contributed by atoms with van der Waals surface area (Å²) < 4.78 is 3.63. The number of aromatic nitrogens is 2. The normalized spacial score (nSPS) is 11.4. The molecule has 0 spiro atoms. The van der Waals surface area contributed by atoms with Crippen molar-refractivity contribution in [1.82, 2.24) is 14.9 Å². The number of hydrogen-bond acceptors (Lipinski definition) is 4. The summed E-state index contributed by atoms with van der Waals surface area (Å²) in [6.45, 7) is 1.95. The predicted molar refractivity (Wildman–Crippen MR) is 63.4 cm³/mol. The van der Waals surface area contributed by atoms with Gasteiger partial charge in [-0.05, 0) is 18.5 Å². The third kappa shape index (κ3) is 2.99. The van der Waals surface area contributed by atoms with E-state index in [0.29, 0.717) is 15.5 Å². The van der Waals surface area contributed by atoms with Crippen molar-refractivity contribution in [3.63, 3.8) is 0 Å². The third-order valence-corrected chi connectivity index (χ3v) is 4.73. The van der Waals surface area contributed by atoms with Gasteiger partial charge in [-0.15, -0.1) is 5.10 Å². The van der Waals surface area contributed by atoms with Gasteiger partial charge in [-0.25, -0.2) is 0 Å². The molecule has 0 aliphatic carbocycles. The van der Waals surface area contributed by atoms with Crippen LogP contribution in [0.3, 0.4) is 0 Å². The molecule has 0 fully saturated rings. The van der Waals surface area contributed by atoms with Gasteiger partial charge in [0, 0.05) is 10.7 Å². The van der Waals surface area contributed by atoms with Crippen LogP contribution < -0.4 is 5.32 Å². The first kappa shape index (κ1) is 12.1. The molecule has 14 heavy (non-hydrogen) atoms. The SMILES string of the molecule is CC(CBr)(CBr)NC(=O)c1cnns1. The summed E-state index contributed by atoms with van der Waals surface area (Å²) >= 11 is 7.79. The molecule has 0 radical (unpaired) electrons. The molecule has 0 saturated heterocycles. The molecule has 78 valence electrons. The van der Waals surface area contributed by atoms with E-state index in [1.807, 2.05) is 6.92 Å². The van der Waals surface area contributed by atoms with Gasteiger partial charge in [0.15, 0.2) is 0 Å². The van der Waals surface area contributed by atoms with Crippen LogP contribution in [0.25, 0.3) is 0 Å². The van der Waals surface area contributed by atoms with Crippen LogP contribution in [0.1, 0.15) is 16.6 Å². The first-order valence-corrected chi connectivity index (χ1v) is 6.85. The Balaban J connectivity index is 2.65. The second kappa shape index (κ2) is 5.18. The molecule has 4 nitrogen and oxygen atoms in total. The molecule has 1 aromatic rings. The average Bonchev–Trinajstić information content (AvgIpc) is 2.70. The van der Waals surface area contributed by atoms with Crippen LogP contribution in [-0.4, -0.2) is 31.7 Å². The minimum absolute atomic E-state index is 0.138. The fraction of sp³-hybridized carbons (Fsp3) is 0.571. The highest BCUT2D eigenvalue weighted by Gasteiger charge is 2.24. The Morgan fingerprint density at radius 3 is 2.71 bits per heavy atom. The Labute approximate surface area is 103 Å².